The molecule has 4 rings (SSSR count). The van der Waals surface area contributed by atoms with Crippen molar-refractivity contribution in [3.63, 3.8) is 0 Å². The average Bonchev–Trinajstić information content (AvgIpc) is 3.21. The topological polar surface area (TPSA) is 73.3 Å². The Kier molecular flexibility index (Phi) is 5.57. The van der Waals surface area contributed by atoms with Crippen LogP contribution in [-0.4, -0.2) is 30.1 Å². The molecule has 152 valence electrons. The normalized spacial score (nSPS) is 10.8. The van der Waals surface area contributed by atoms with Crippen LogP contribution in [-0.2, 0) is 0 Å². The van der Waals surface area contributed by atoms with Gasteiger partial charge in [-0.1, -0.05) is 11.6 Å². The average molecular weight is 440 g/mol. The maximum absolute atomic E-state index is 12.9. The molecule has 0 atom stereocenters. The van der Waals surface area contributed by atoms with Crippen LogP contribution in [0, 0.1) is 6.92 Å². The van der Waals surface area contributed by atoms with Gasteiger partial charge in [-0.15, -0.1) is 11.3 Å². The van der Waals surface area contributed by atoms with E-state index in [1.165, 1.54) is 11.3 Å². The lowest BCUT2D eigenvalue weighted by atomic mass is 10.1. The van der Waals surface area contributed by atoms with E-state index in [2.05, 4.69) is 15.3 Å². The Hall–Kier alpha value is -3.16. The fourth-order valence-corrected chi connectivity index (χ4v) is 3.99. The SMILES string of the molecule is COc1ccc(OC)c(-c2csc(NC(=O)c3cc4cc(Cl)ccc4nc3C)n2)c1. The molecule has 1 amide bonds. The minimum absolute atomic E-state index is 0.277. The van der Waals surface area contributed by atoms with Gasteiger partial charge in [-0.25, -0.2) is 4.98 Å². The van der Waals surface area contributed by atoms with Crippen molar-refractivity contribution in [2.24, 2.45) is 0 Å². The highest BCUT2D eigenvalue weighted by Gasteiger charge is 2.16. The molecule has 0 aliphatic heterocycles. The molecular weight excluding hydrogens is 422 g/mol. The summed E-state index contributed by atoms with van der Waals surface area (Å²) < 4.78 is 10.7. The Labute approximate surface area is 182 Å². The highest BCUT2D eigenvalue weighted by molar-refractivity contribution is 7.14. The smallest absolute Gasteiger partial charge is 0.259 e. The number of rotatable bonds is 5. The minimum Gasteiger partial charge on any atom is -0.497 e. The molecule has 4 aromatic rings. The Bertz CT molecular complexity index is 1260. The molecule has 1 N–H and O–H groups in total. The van der Waals surface area contributed by atoms with Gasteiger partial charge in [0.25, 0.3) is 5.91 Å². The third-order valence-electron chi connectivity index (χ3n) is 4.62. The first-order valence-electron chi connectivity index (χ1n) is 9.04. The Balaban J connectivity index is 1.62. The molecule has 2 aromatic heterocycles. The number of aryl methyl sites for hydroxylation is 1. The number of ether oxygens (including phenoxy) is 2. The van der Waals surface area contributed by atoms with Crippen LogP contribution in [0.1, 0.15) is 16.1 Å². The number of methoxy groups -OCH3 is 2. The number of pyridine rings is 1. The number of benzene rings is 2. The van der Waals surface area contributed by atoms with Gasteiger partial charge in [-0.05, 0) is 49.4 Å². The lowest BCUT2D eigenvalue weighted by Crippen LogP contribution is -2.14. The van der Waals surface area contributed by atoms with E-state index in [4.69, 9.17) is 21.1 Å². The van der Waals surface area contributed by atoms with Crippen molar-refractivity contribution in [2.45, 2.75) is 6.92 Å². The van der Waals surface area contributed by atoms with Crippen LogP contribution in [0.25, 0.3) is 22.2 Å². The van der Waals surface area contributed by atoms with E-state index in [1.54, 1.807) is 39.3 Å². The minimum atomic E-state index is -0.277. The Morgan fingerprint density at radius 3 is 2.67 bits per heavy atom. The van der Waals surface area contributed by atoms with E-state index in [0.29, 0.717) is 38.6 Å². The molecule has 30 heavy (non-hydrogen) atoms. The van der Waals surface area contributed by atoms with E-state index in [-0.39, 0.29) is 5.91 Å². The van der Waals surface area contributed by atoms with Crippen molar-refractivity contribution < 1.29 is 14.3 Å². The molecule has 0 unspecified atom stereocenters. The Morgan fingerprint density at radius 2 is 1.90 bits per heavy atom. The van der Waals surface area contributed by atoms with Gasteiger partial charge in [-0.2, -0.15) is 0 Å². The zero-order chi connectivity index (χ0) is 21.3. The number of anilines is 1. The molecule has 0 fully saturated rings. The molecule has 0 saturated heterocycles. The summed E-state index contributed by atoms with van der Waals surface area (Å²) >= 11 is 7.40. The zero-order valence-corrected chi connectivity index (χ0v) is 18.1. The maximum atomic E-state index is 12.9. The number of thiazole rings is 1. The number of hydrogen-bond acceptors (Lipinski definition) is 6. The van der Waals surface area contributed by atoms with Gasteiger partial charge < -0.3 is 9.47 Å². The number of carbonyl (C=O) groups excluding carboxylic acids is 1. The molecule has 0 aliphatic rings. The van der Waals surface area contributed by atoms with Gasteiger partial charge in [-0.3, -0.25) is 15.1 Å². The van der Waals surface area contributed by atoms with Gasteiger partial charge in [0.15, 0.2) is 5.13 Å². The van der Waals surface area contributed by atoms with E-state index >= 15 is 0 Å². The van der Waals surface area contributed by atoms with Crippen molar-refractivity contribution in [3.05, 3.63) is 64.1 Å². The second kappa shape index (κ2) is 8.30. The fourth-order valence-electron chi connectivity index (χ4n) is 3.11. The van der Waals surface area contributed by atoms with Crippen LogP contribution in [0.5, 0.6) is 11.5 Å². The second-order valence-electron chi connectivity index (χ2n) is 6.52. The number of halogens is 1. The highest BCUT2D eigenvalue weighted by atomic mass is 35.5. The van der Waals surface area contributed by atoms with Crippen LogP contribution >= 0.6 is 22.9 Å². The van der Waals surface area contributed by atoms with Crippen molar-refractivity contribution in [3.8, 4) is 22.8 Å². The zero-order valence-electron chi connectivity index (χ0n) is 16.5. The number of hydrogen-bond donors (Lipinski definition) is 1. The highest BCUT2D eigenvalue weighted by Crippen LogP contribution is 2.35. The number of aromatic nitrogens is 2. The molecule has 6 nitrogen and oxygen atoms in total. The molecule has 0 saturated carbocycles. The molecule has 2 heterocycles. The summed E-state index contributed by atoms with van der Waals surface area (Å²) in [4.78, 5) is 21.9. The molecule has 2 aromatic carbocycles. The summed E-state index contributed by atoms with van der Waals surface area (Å²) in [7, 11) is 3.20. The van der Waals surface area contributed by atoms with Crippen molar-refractivity contribution in [2.75, 3.05) is 19.5 Å². The molecule has 0 spiro atoms. The molecule has 0 radical (unpaired) electrons. The van der Waals surface area contributed by atoms with E-state index in [9.17, 15) is 4.79 Å². The Morgan fingerprint density at radius 1 is 1.07 bits per heavy atom. The summed E-state index contributed by atoms with van der Waals surface area (Å²) in [6.07, 6.45) is 0. The van der Waals surface area contributed by atoms with E-state index < -0.39 is 0 Å². The van der Waals surface area contributed by atoms with Gasteiger partial charge >= 0.3 is 0 Å². The molecule has 8 heteroatoms. The van der Waals surface area contributed by atoms with Gasteiger partial charge in [0, 0.05) is 21.4 Å². The van der Waals surface area contributed by atoms with Crippen molar-refractivity contribution in [1.29, 1.82) is 0 Å². The summed E-state index contributed by atoms with van der Waals surface area (Å²) in [6, 6.07) is 12.7. The first kappa shape index (κ1) is 20.1. The standard InChI is InChI=1S/C22H18ClN3O3S/c1-12-16(9-13-8-14(23)4-6-18(13)24-12)21(27)26-22-25-19(11-30-22)17-10-15(28-2)5-7-20(17)29-3/h4-11H,1-3H3,(H,25,26,27). The molecule has 0 bridgehead atoms. The third kappa shape index (κ3) is 3.94. The fraction of sp³-hybridized carbons (Fsp3) is 0.136. The van der Waals surface area contributed by atoms with Crippen LogP contribution in [0.4, 0.5) is 5.13 Å². The molecule has 0 aliphatic carbocycles. The predicted octanol–water partition coefficient (Wildman–Crippen LogP) is 5.59. The lowest BCUT2D eigenvalue weighted by Gasteiger charge is -2.09. The number of nitrogens with one attached hydrogen (secondary N) is 1. The monoisotopic (exact) mass is 439 g/mol. The second-order valence-corrected chi connectivity index (χ2v) is 7.81. The van der Waals surface area contributed by atoms with Gasteiger partial charge in [0.2, 0.25) is 0 Å². The maximum Gasteiger partial charge on any atom is 0.259 e. The largest absolute Gasteiger partial charge is 0.497 e. The first-order valence-corrected chi connectivity index (χ1v) is 10.3. The quantitative estimate of drug-likeness (QED) is 0.438. The number of carbonyl (C=O) groups is 1. The number of amides is 1. The van der Waals surface area contributed by atoms with Crippen LogP contribution < -0.4 is 14.8 Å². The van der Waals surface area contributed by atoms with Crippen LogP contribution in [0.2, 0.25) is 5.02 Å². The number of fused-ring (bicyclic) bond motifs is 1. The predicted molar refractivity (Wildman–Crippen MR) is 120 cm³/mol. The summed E-state index contributed by atoms with van der Waals surface area (Å²) in [6.45, 7) is 1.80. The van der Waals surface area contributed by atoms with E-state index in [0.717, 1.165) is 16.5 Å². The van der Waals surface area contributed by atoms with Gasteiger partial charge in [0.05, 0.1) is 36.7 Å². The first-order chi connectivity index (χ1) is 14.5. The van der Waals surface area contributed by atoms with Gasteiger partial charge in [0.1, 0.15) is 11.5 Å². The van der Waals surface area contributed by atoms with Crippen molar-refractivity contribution in [1.82, 2.24) is 9.97 Å². The summed E-state index contributed by atoms with van der Waals surface area (Å²) in [5, 5.41) is 6.59. The van der Waals surface area contributed by atoms with Crippen LogP contribution in [0.15, 0.2) is 47.8 Å². The summed E-state index contributed by atoms with van der Waals surface area (Å²) in [5.74, 6) is 1.09. The summed E-state index contributed by atoms with van der Waals surface area (Å²) in [5.41, 5.74) is 3.36. The lowest BCUT2D eigenvalue weighted by molar-refractivity contribution is 0.102. The third-order valence-corrected chi connectivity index (χ3v) is 5.61. The number of nitrogens with zero attached hydrogens (tertiary/aromatic N) is 2. The van der Waals surface area contributed by atoms with Crippen molar-refractivity contribution >= 4 is 44.9 Å². The van der Waals surface area contributed by atoms with E-state index in [1.807, 2.05) is 29.6 Å². The van der Waals surface area contributed by atoms with Crippen LogP contribution in [0.3, 0.4) is 0 Å². The molecular formula is C22H18ClN3O3S.